The van der Waals surface area contributed by atoms with Crippen LogP contribution in [0.3, 0.4) is 0 Å². The topological polar surface area (TPSA) is 62.5 Å². The van der Waals surface area contributed by atoms with Crippen molar-refractivity contribution in [1.29, 1.82) is 0 Å². The quantitative estimate of drug-likeness (QED) is 0.842. The number of anilines is 1. The van der Waals surface area contributed by atoms with Gasteiger partial charge in [0.2, 0.25) is 0 Å². The Bertz CT molecular complexity index is 408. The number of nitrogens with two attached hydrogens (primary N) is 1. The maximum absolute atomic E-state index is 12.2. The third-order valence-corrected chi connectivity index (χ3v) is 3.34. The zero-order valence-corrected chi connectivity index (χ0v) is 11.0. The van der Waals surface area contributed by atoms with Crippen LogP contribution in [0, 0.1) is 0 Å². The molecule has 0 atom stereocenters. The summed E-state index contributed by atoms with van der Waals surface area (Å²) in [6.45, 7) is 7.75. The van der Waals surface area contributed by atoms with E-state index >= 15 is 0 Å². The SMILES string of the molecule is CC(C)N1CCN(C(=O)c2ccc(N)cn2)CC1. The number of pyridine rings is 1. The van der Waals surface area contributed by atoms with E-state index in [4.69, 9.17) is 5.73 Å². The van der Waals surface area contributed by atoms with Crippen molar-refractivity contribution in [3.63, 3.8) is 0 Å². The fourth-order valence-electron chi connectivity index (χ4n) is 2.14. The number of carbonyl (C=O) groups excluding carboxylic acids is 1. The fourth-order valence-corrected chi connectivity index (χ4v) is 2.14. The summed E-state index contributed by atoms with van der Waals surface area (Å²) < 4.78 is 0. The number of nitrogens with zero attached hydrogens (tertiary/aromatic N) is 3. The van der Waals surface area contributed by atoms with Gasteiger partial charge in [-0.3, -0.25) is 9.69 Å². The van der Waals surface area contributed by atoms with Crippen molar-refractivity contribution in [1.82, 2.24) is 14.8 Å². The summed E-state index contributed by atoms with van der Waals surface area (Å²) in [6.07, 6.45) is 1.53. The number of piperazine rings is 1. The Morgan fingerprint density at radius 3 is 2.44 bits per heavy atom. The smallest absolute Gasteiger partial charge is 0.272 e. The highest BCUT2D eigenvalue weighted by Gasteiger charge is 2.23. The van der Waals surface area contributed by atoms with E-state index in [1.807, 2.05) is 4.90 Å². The third kappa shape index (κ3) is 2.79. The lowest BCUT2D eigenvalue weighted by Crippen LogP contribution is -2.50. The van der Waals surface area contributed by atoms with Gasteiger partial charge < -0.3 is 10.6 Å². The van der Waals surface area contributed by atoms with Gasteiger partial charge in [0.05, 0.1) is 11.9 Å². The average molecular weight is 248 g/mol. The minimum absolute atomic E-state index is 0.00148. The molecule has 0 radical (unpaired) electrons. The standard InChI is InChI=1S/C13H20N4O/c1-10(2)16-5-7-17(8-6-16)13(18)12-4-3-11(14)9-15-12/h3-4,9-10H,5-8,14H2,1-2H3. The molecule has 2 N–H and O–H groups in total. The molecule has 1 aromatic rings. The first kappa shape index (κ1) is 12.8. The maximum Gasteiger partial charge on any atom is 0.272 e. The van der Waals surface area contributed by atoms with Crippen LogP contribution in [-0.4, -0.2) is 52.9 Å². The van der Waals surface area contributed by atoms with Crippen LogP contribution in [-0.2, 0) is 0 Å². The van der Waals surface area contributed by atoms with E-state index in [1.165, 1.54) is 6.20 Å². The average Bonchev–Trinajstić information content (AvgIpc) is 2.39. The van der Waals surface area contributed by atoms with E-state index in [1.54, 1.807) is 12.1 Å². The zero-order chi connectivity index (χ0) is 13.1. The number of hydrogen-bond acceptors (Lipinski definition) is 4. The number of nitrogen functional groups attached to an aromatic ring is 1. The van der Waals surface area contributed by atoms with Crippen LogP contribution >= 0.6 is 0 Å². The van der Waals surface area contributed by atoms with Crippen molar-refractivity contribution in [2.24, 2.45) is 0 Å². The minimum Gasteiger partial charge on any atom is -0.397 e. The van der Waals surface area contributed by atoms with E-state index in [9.17, 15) is 4.79 Å². The Morgan fingerprint density at radius 1 is 1.28 bits per heavy atom. The van der Waals surface area contributed by atoms with Crippen molar-refractivity contribution >= 4 is 11.6 Å². The summed E-state index contributed by atoms with van der Waals surface area (Å²) in [5.74, 6) is -0.00148. The molecule has 0 bridgehead atoms. The minimum atomic E-state index is -0.00148. The lowest BCUT2D eigenvalue weighted by Gasteiger charge is -2.36. The van der Waals surface area contributed by atoms with Gasteiger partial charge in [-0.1, -0.05) is 0 Å². The van der Waals surface area contributed by atoms with Crippen LogP contribution in [0.25, 0.3) is 0 Å². The highest BCUT2D eigenvalue weighted by molar-refractivity contribution is 5.92. The molecule has 1 amide bonds. The molecule has 1 aromatic heterocycles. The van der Waals surface area contributed by atoms with Gasteiger partial charge in [0.25, 0.3) is 5.91 Å². The van der Waals surface area contributed by atoms with Gasteiger partial charge in [0, 0.05) is 32.2 Å². The summed E-state index contributed by atoms with van der Waals surface area (Å²) in [4.78, 5) is 20.5. The lowest BCUT2D eigenvalue weighted by atomic mass is 10.2. The van der Waals surface area contributed by atoms with Crippen LogP contribution in [0.5, 0.6) is 0 Å². The van der Waals surface area contributed by atoms with Gasteiger partial charge in [0.1, 0.15) is 5.69 Å². The van der Waals surface area contributed by atoms with Gasteiger partial charge in [-0.05, 0) is 26.0 Å². The molecule has 5 heteroatoms. The number of rotatable bonds is 2. The molecule has 0 saturated carbocycles. The molecule has 1 aliphatic heterocycles. The summed E-state index contributed by atoms with van der Waals surface area (Å²) in [5.41, 5.74) is 6.62. The molecule has 1 fully saturated rings. The van der Waals surface area contributed by atoms with Crippen LogP contribution < -0.4 is 5.73 Å². The van der Waals surface area contributed by atoms with Crippen molar-refractivity contribution in [2.45, 2.75) is 19.9 Å². The molecule has 0 aliphatic carbocycles. The molecule has 0 spiro atoms. The molecular formula is C13H20N4O. The first-order valence-corrected chi connectivity index (χ1v) is 6.33. The van der Waals surface area contributed by atoms with E-state index in [2.05, 4.69) is 23.7 Å². The Hall–Kier alpha value is -1.62. The predicted molar refractivity (Wildman–Crippen MR) is 71.3 cm³/mol. The third-order valence-electron chi connectivity index (χ3n) is 3.34. The van der Waals surface area contributed by atoms with Crippen LogP contribution in [0.1, 0.15) is 24.3 Å². The van der Waals surface area contributed by atoms with Crippen molar-refractivity contribution in [3.8, 4) is 0 Å². The van der Waals surface area contributed by atoms with Gasteiger partial charge in [-0.2, -0.15) is 0 Å². The van der Waals surface area contributed by atoms with Gasteiger partial charge >= 0.3 is 0 Å². The molecule has 0 aromatic carbocycles. The molecule has 18 heavy (non-hydrogen) atoms. The second kappa shape index (κ2) is 5.35. The van der Waals surface area contributed by atoms with Crippen molar-refractivity contribution < 1.29 is 4.79 Å². The first-order valence-electron chi connectivity index (χ1n) is 6.33. The monoisotopic (exact) mass is 248 g/mol. The second-order valence-electron chi connectivity index (χ2n) is 4.90. The Balaban J connectivity index is 1.97. The summed E-state index contributed by atoms with van der Waals surface area (Å²) in [6, 6.07) is 3.94. The summed E-state index contributed by atoms with van der Waals surface area (Å²) in [5, 5.41) is 0. The molecule has 1 saturated heterocycles. The normalized spacial score (nSPS) is 17.2. The van der Waals surface area contributed by atoms with E-state index in [-0.39, 0.29) is 5.91 Å². The predicted octanol–water partition coefficient (Wildman–Crippen LogP) is 0.830. The van der Waals surface area contributed by atoms with Crippen LogP contribution in [0.15, 0.2) is 18.3 Å². The van der Waals surface area contributed by atoms with E-state index in [0.29, 0.717) is 17.4 Å². The fraction of sp³-hybridized carbons (Fsp3) is 0.538. The largest absolute Gasteiger partial charge is 0.397 e. The molecule has 0 unspecified atom stereocenters. The van der Waals surface area contributed by atoms with Crippen molar-refractivity contribution in [3.05, 3.63) is 24.0 Å². The van der Waals surface area contributed by atoms with Crippen LogP contribution in [0.4, 0.5) is 5.69 Å². The number of hydrogen-bond donors (Lipinski definition) is 1. The Kier molecular flexibility index (Phi) is 3.81. The second-order valence-corrected chi connectivity index (χ2v) is 4.90. The molecule has 1 aliphatic rings. The van der Waals surface area contributed by atoms with E-state index < -0.39 is 0 Å². The Labute approximate surface area is 108 Å². The highest BCUT2D eigenvalue weighted by atomic mass is 16.2. The first-order chi connectivity index (χ1) is 8.58. The van der Waals surface area contributed by atoms with Crippen LogP contribution in [0.2, 0.25) is 0 Å². The maximum atomic E-state index is 12.2. The van der Waals surface area contributed by atoms with Gasteiger partial charge in [0.15, 0.2) is 0 Å². The van der Waals surface area contributed by atoms with Crippen molar-refractivity contribution in [2.75, 3.05) is 31.9 Å². The van der Waals surface area contributed by atoms with Gasteiger partial charge in [-0.15, -0.1) is 0 Å². The number of carbonyl (C=O) groups is 1. The molecule has 2 heterocycles. The molecule has 98 valence electrons. The Morgan fingerprint density at radius 2 is 1.94 bits per heavy atom. The van der Waals surface area contributed by atoms with Gasteiger partial charge in [-0.25, -0.2) is 4.98 Å². The van der Waals surface area contributed by atoms with E-state index in [0.717, 1.165) is 26.2 Å². The summed E-state index contributed by atoms with van der Waals surface area (Å²) in [7, 11) is 0. The zero-order valence-electron chi connectivity index (χ0n) is 11.0. The number of amides is 1. The molecule has 5 nitrogen and oxygen atoms in total. The molecular weight excluding hydrogens is 228 g/mol. The highest BCUT2D eigenvalue weighted by Crippen LogP contribution is 2.10. The number of aromatic nitrogens is 1. The molecule has 2 rings (SSSR count). The lowest BCUT2D eigenvalue weighted by molar-refractivity contribution is 0.0590. The summed E-state index contributed by atoms with van der Waals surface area (Å²) >= 11 is 0.